The number of aliphatic hydroxyl groups excluding tert-OH is 2. The Kier molecular flexibility index (Phi) is 8.14. The fourth-order valence-corrected chi connectivity index (χ4v) is 11.9. The van der Waals surface area contributed by atoms with Gasteiger partial charge in [0.1, 0.15) is 18.2 Å². The fraction of sp³-hybridized carbons (Fsp3) is 0.865. The minimum atomic E-state index is -1.41. The number of Topliss-reactive ketones (excluding diaryl/α,β-unsaturated/α-hetero) is 1. The van der Waals surface area contributed by atoms with Gasteiger partial charge in [0.25, 0.3) is 0 Å². The van der Waals surface area contributed by atoms with Gasteiger partial charge in [-0.3, -0.25) is 14.4 Å². The van der Waals surface area contributed by atoms with Gasteiger partial charge in [0.15, 0.2) is 5.78 Å². The van der Waals surface area contributed by atoms with Crippen molar-refractivity contribution in [2.75, 3.05) is 6.54 Å². The van der Waals surface area contributed by atoms with E-state index in [-0.39, 0.29) is 58.3 Å². The molecule has 9 atom stereocenters. The molecule has 0 aromatic rings. The minimum absolute atomic E-state index is 0.00170. The van der Waals surface area contributed by atoms with Crippen molar-refractivity contribution in [2.45, 2.75) is 145 Å². The zero-order chi connectivity index (χ0) is 32.8. The highest BCUT2D eigenvalue weighted by Crippen LogP contribution is 2.76. The van der Waals surface area contributed by atoms with Crippen LogP contribution in [0.2, 0.25) is 0 Å². The number of hydrogen-bond acceptors (Lipinski definition) is 6. The maximum Gasteiger partial charge on any atom is 0.325 e. The van der Waals surface area contributed by atoms with Crippen molar-refractivity contribution in [1.29, 1.82) is 0 Å². The van der Waals surface area contributed by atoms with Gasteiger partial charge in [-0.05, 0) is 129 Å². The molecule has 44 heavy (non-hydrogen) atoms. The van der Waals surface area contributed by atoms with Gasteiger partial charge in [0.2, 0.25) is 5.91 Å². The van der Waals surface area contributed by atoms with Crippen LogP contribution in [0.3, 0.4) is 0 Å². The summed E-state index contributed by atoms with van der Waals surface area (Å²) < 4.78 is 5.36. The highest BCUT2D eigenvalue weighted by molar-refractivity contribution is 6.02. The van der Waals surface area contributed by atoms with Gasteiger partial charge in [0, 0.05) is 11.8 Å². The maximum absolute atomic E-state index is 13.8. The maximum atomic E-state index is 13.8. The topological polar surface area (TPSA) is 113 Å². The molecule has 4 saturated carbocycles. The number of allylic oxidation sites excluding steroid dienone is 1. The number of ketones is 1. The Morgan fingerprint density at radius 2 is 1.59 bits per heavy atom. The Balaban J connectivity index is 1.50. The van der Waals surface area contributed by atoms with Crippen LogP contribution in [-0.2, 0) is 19.1 Å². The zero-order valence-corrected chi connectivity index (χ0v) is 29.1. The average molecular weight is 614 g/mol. The molecular formula is C37H59NO6. The van der Waals surface area contributed by atoms with E-state index in [1.807, 2.05) is 0 Å². The standard InChI is InChI=1S/C37H59NO6/c1-21(2)28-23(39)19-37(30(42)31(43)38-20-27(41)44-32(3,4)5)18-17-35(9)22(29(28)37)11-12-25-34(8)15-14-26(40)33(6,7)24(34)13-16-36(25,35)10/h21-22,24-26,30,40,42H,11-20H2,1-10H3,(H,38,43)/t22-,24+,25-,26+,30?,34+,35-,36-,37-/m1/s1. The molecule has 5 aliphatic carbocycles. The molecule has 7 nitrogen and oxygen atoms in total. The van der Waals surface area contributed by atoms with E-state index in [2.05, 4.69) is 53.8 Å². The van der Waals surface area contributed by atoms with Crippen LogP contribution in [-0.4, -0.2) is 52.2 Å². The molecule has 7 heteroatoms. The first-order valence-electron chi connectivity index (χ1n) is 17.3. The SMILES string of the molecule is CC(C)C1=C2[C@H]3CC[C@@H]4[C@@]5(C)CC[C@H](O)C(C)(C)[C@@H]5CC[C@@]4(C)[C@]3(C)CC[C@@]2(C(O)C(=O)NCC(=O)OC(C)(C)C)CC1=O. The van der Waals surface area contributed by atoms with E-state index in [0.717, 1.165) is 56.1 Å². The van der Waals surface area contributed by atoms with Gasteiger partial charge < -0.3 is 20.3 Å². The summed E-state index contributed by atoms with van der Waals surface area (Å²) in [6.07, 6.45) is 5.94. The molecule has 0 aromatic carbocycles. The third-order valence-electron chi connectivity index (χ3n) is 14.1. The summed E-state index contributed by atoms with van der Waals surface area (Å²) in [5, 5.41) is 25.5. The van der Waals surface area contributed by atoms with Crippen LogP contribution < -0.4 is 5.32 Å². The Morgan fingerprint density at radius 3 is 2.20 bits per heavy atom. The lowest BCUT2D eigenvalue weighted by molar-refractivity contribution is -0.230. The summed E-state index contributed by atoms with van der Waals surface area (Å²) in [5.41, 5.74) is 0.221. The third kappa shape index (κ3) is 4.76. The summed E-state index contributed by atoms with van der Waals surface area (Å²) in [6.45, 7) is 21.1. The lowest BCUT2D eigenvalue weighted by atomic mass is 9.33. The second-order valence-corrected chi connectivity index (χ2v) is 17.9. The summed E-state index contributed by atoms with van der Waals surface area (Å²) in [4.78, 5) is 39.7. The lowest BCUT2D eigenvalue weighted by Gasteiger charge is -2.72. The molecule has 0 spiro atoms. The second-order valence-electron chi connectivity index (χ2n) is 17.9. The molecule has 1 unspecified atom stereocenters. The predicted octanol–water partition coefficient (Wildman–Crippen LogP) is 6.15. The van der Waals surface area contributed by atoms with E-state index in [4.69, 9.17) is 4.74 Å². The monoisotopic (exact) mass is 613 g/mol. The largest absolute Gasteiger partial charge is 0.459 e. The molecule has 0 saturated heterocycles. The van der Waals surface area contributed by atoms with Gasteiger partial charge >= 0.3 is 5.97 Å². The summed E-state index contributed by atoms with van der Waals surface area (Å²) in [7, 11) is 0. The lowest BCUT2D eigenvalue weighted by Crippen LogP contribution is -2.66. The van der Waals surface area contributed by atoms with Crippen molar-refractivity contribution < 1.29 is 29.3 Å². The van der Waals surface area contributed by atoms with E-state index in [0.29, 0.717) is 18.3 Å². The molecular weight excluding hydrogens is 554 g/mol. The van der Waals surface area contributed by atoms with E-state index in [9.17, 15) is 24.6 Å². The second kappa shape index (κ2) is 10.7. The molecule has 0 aliphatic heterocycles. The molecule has 4 fully saturated rings. The molecule has 0 aromatic heterocycles. The normalized spacial score (nSPS) is 42.2. The summed E-state index contributed by atoms with van der Waals surface area (Å²) >= 11 is 0. The van der Waals surface area contributed by atoms with Gasteiger partial charge in [-0.2, -0.15) is 0 Å². The fourth-order valence-electron chi connectivity index (χ4n) is 11.9. The number of esters is 1. The van der Waals surface area contributed by atoms with Crippen molar-refractivity contribution in [3.8, 4) is 0 Å². The van der Waals surface area contributed by atoms with Gasteiger partial charge in [0.05, 0.1) is 6.10 Å². The quantitative estimate of drug-likeness (QED) is 0.321. The van der Waals surface area contributed by atoms with Crippen LogP contribution >= 0.6 is 0 Å². The molecule has 3 N–H and O–H groups in total. The molecule has 5 aliphatic rings. The molecule has 5 rings (SSSR count). The Labute approximate surface area is 265 Å². The number of amides is 1. The highest BCUT2D eigenvalue weighted by Gasteiger charge is 2.70. The summed E-state index contributed by atoms with van der Waals surface area (Å²) in [5.74, 6) is -0.0168. The van der Waals surface area contributed by atoms with Crippen LogP contribution in [0.25, 0.3) is 0 Å². The number of nitrogens with one attached hydrogen (secondary N) is 1. The van der Waals surface area contributed by atoms with Gasteiger partial charge in [-0.15, -0.1) is 0 Å². The number of carbonyl (C=O) groups excluding carboxylic acids is 3. The molecule has 1 amide bonds. The van der Waals surface area contributed by atoms with Gasteiger partial charge in [-0.25, -0.2) is 0 Å². The first-order valence-corrected chi connectivity index (χ1v) is 17.3. The minimum Gasteiger partial charge on any atom is -0.459 e. The molecule has 0 heterocycles. The third-order valence-corrected chi connectivity index (χ3v) is 14.1. The number of ether oxygens (including phenoxy) is 1. The van der Waals surface area contributed by atoms with Crippen LogP contribution in [0.1, 0.15) is 127 Å². The van der Waals surface area contributed by atoms with Crippen LogP contribution in [0.4, 0.5) is 0 Å². The smallest absolute Gasteiger partial charge is 0.325 e. The van der Waals surface area contributed by atoms with Crippen molar-refractivity contribution >= 4 is 17.7 Å². The van der Waals surface area contributed by atoms with Gasteiger partial charge in [-0.1, -0.05) is 48.5 Å². The number of carbonyl (C=O) groups is 3. The van der Waals surface area contributed by atoms with Crippen LogP contribution in [0, 0.1) is 50.7 Å². The van der Waals surface area contributed by atoms with E-state index in [1.165, 1.54) is 0 Å². The molecule has 0 bridgehead atoms. The van der Waals surface area contributed by atoms with E-state index >= 15 is 0 Å². The Bertz CT molecular complexity index is 1240. The van der Waals surface area contributed by atoms with Crippen LogP contribution in [0.5, 0.6) is 0 Å². The molecule has 248 valence electrons. The van der Waals surface area contributed by atoms with Crippen molar-refractivity contribution in [3.05, 3.63) is 11.1 Å². The number of aliphatic hydroxyl groups is 2. The summed E-state index contributed by atoms with van der Waals surface area (Å²) in [6, 6.07) is 0. The zero-order valence-electron chi connectivity index (χ0n) is 29.1. The Morgan fingerprint density at radius 1 is 0.932 bits per heavy atom. The van der Waals surface area contributed by atoms with Crippen LogP contribution in [0.15, 0.2) is 11.1 Å². The highest BCUT2D eigenvalue weighted by atomic mass is 16.6. The van der Waals surface area contributed by atoms with Crippen molar-refractivity contribution in [3.63, 3.8) is 0 Å². The first kappa shape index (κ1) is 33.6. The number of rotatable bonds is 5. The van der Waals surface area contributed by atoms with Crippen molar-refractivity contribution in [1.82, 2.24) is 5.32 Å². The number of fused-ring (bicyclic) bond motifs is 7. The predicted molar refractivity (Wildman–Crippen MR) is 170 cm³/mol. The molecule has 0 radical (unpaired) electrons. The van der Waals surface area contributed by atoms with E-state index in [1.54, 1.807) is 20.8 Å². The van der Waals surface area contributed by atoms with Crippen molar-refractivity contribution in [2.24, 2.45) is 50.7 Å². The average Bonchev–Trinajstić information content (AvgIpc) is 3.22. The Hall–Kier alpha value is -1.73. The first-order chi connectivity index (χ1) is 20.2. The van der Waals surface area contributed by atoms with E-state index < -0.39 is 29.0 Å². The number of hydrogen-bond donors (Lipinski definition) is 3.